The van der Waals surface area contributed by atoms with E-state index in [2.05, 4.69) is 10.6 Å². The molecule has 0 aliphatic carbocycles. The number of carbonyl (C=O) groups is 2. The van der Waals surface area contributed by atoms with Gasteiger partial charge in [0, 0.05) is 18.2 Å². The number of carbonyl (C=O) groups excluding carboxylic acids is 1. The maximum absolute atomic E-state index is 12.0. The average molecular weight is 290 g/mol. The Bertz CT molecular complexity index is 522. The fourth-order valence-corrected chi connectivity index (χ4v) is 2.58. The van der Waals surface area contributed by atoms with E-state index in [0.29, 0.717) is 18.2 Å². The molecule has 114 valence electrons. The number of amides is 1. The first-order valence-electron chi connectivity index (χ1n) is 7.43. The molecule has 1 unspecified atom stereocenters. The largest absolute Gasteiger partial charge is 0.478 e. The van der Waals surface area contributed by atoms with Gasteiger partial charge in [0.25, 0.3) is 0 Å². The van der Waals surface area contributed by atoms with Crippen molar-refractivity contribution in [1.29, 1.82) is 0 Å². The Kier molecular flexibility index (Phi) is 5.33. The summed E-state index contributed by atoms with van der Waals surface area (Å²) in [6.45, 7) is 2.88. The van der Waals surface area contributed by atoms with E-state index in [9.17, 15) is 9.59 Å². The quantitative estimate of drug-likeness (QED) is 0.778. The molecular weight excluding hydrogens is 268 g/mol. The molecule has 1 saturated heterocycles. The van der Waals surface area contributed by atoms with Crippen molar-refractivity contribution in [3.8, 4) is 0 Å². The number of aromatic carboxylic acids is 1. The Morgan fingerprint density at radius 1 is 1.38 bits per heavy atom. The highest BCUT2D eigenvalue weighted by Gasteiger charge is 2.15. The van der Waals surface area contributed by atoms with Crippen LogP contribution in [0.3, 0.4) is 0 Å². The molecule has 1 fully saturated rings. The highest BCUT2D eigenvalue weighted by atomic mass is 16.4. The van der Waals surface area contributed by atoms with Crippen LogP contribution in [0.1, 0.15) is 48.0 Å². The van der Waals surface area contributed by atoms with E-state index < -0.39 is 5.97 Å². The number of nitrogens with one attached hydrogen (secondary N) is 2. The summed E-state index contributed by atoms with van der Waals surface area (Å²) < 4.78 is 0. The third-order valence-corrected chi connectivity index (χ3v) is 3.89. The molecule has 5 heteroatoms. The van der Waals surface area contributed by atoms with Crippen LogP contribution in [0.5, 0.6) is 0 Å². The van der Waals surface area contributed by atoms with Gasteiger partial charge in [-0.2, -0.15) is 0 Å². The van der Waals surface area contributed by atoms with Crippen LogP contribution in [0.25, 0.3) is 0 Å². The lowest BCUT2D eigenvalue weighted by atomic mass is 10.0. The number of carboxylic acid groups (broad SMARTS) is 1. The van der Waals surface area contributed by atoms with E-state index in [1.807, 2.05) is 6.92 Å². The molecule has 1 aromatic rings. The fourth-order valence-electron chi connectivity index (χ4n) is 2.58. The van der Waals surface area contributed by atoms with Crippen LogP contribution >= 0.6 is 0 Å². The summed E-state index contributed by atoms with van der Waals surface area (Å²) in [6.07, 6.45) is 4.83. The molecule has 1 aromatic carbocycles. The van der Waals surface area contributed by atoms with Crippen molar-refractivity contribution in [2.75, 3.05) is 11.9 Å². The molecule has 1 amide bonds. The van der Waals surface area contributed by atoms with Crippen molar-refractivity contribution in [2.45, 2.75) is 45.1 Å². The lowest BCUT2D eigenvalue weighted by Crippen LogP contribution is -2.34. The van der Waals surface area contributed by atoms with Crippen molar-refractivity contribution < 1.29 is 14.7 Å². The Morgan fingerprint density at radius 2 is 2.19 bits per heavy atom. The average Bonchev–Trinajstić information content (AvgIpc) is 2.48. The Hall–Kier alpha value is -1.88. The Morgan fingerprint density at radius 3 is 2.86 bits per heavy atom. The first-order chi connectivity index (χ1) is 10.1. The number of hydrogen-bond donors (Lipinski definition) is 3. The molecule has 0 saturated carbocycles. The van der Waals surface area contributed by atoms with Gasteiger partial charge in [-0.3, -0.25) is 4.79 Å². The molecule has 0 bridgehead atoms. The van der Waals surface area contributed by atoms with Gasteiger partial charge in [-0.05, 0) is 50.4 Å². The predicted molar refractivity (Wildman–Crippen MR) is 81.6 cm³/mol. The second-order valence-electron chi connectivity index (χ2n) is 5.57. The van der Waals surface area contributed by atoms with Crippen molar-refractivity contribution in [3.63, 3.8) is 0 Å². The smallest absolute Gasteiger partial charge is 0.335 e. The number of carboxylic acids is 1. The number of anilines is 1. The molecular formula is C16H22N2O3. The van der Waals surface area contributed by atoms with Gasteiger partial charge in [0.2, 0.25) is 5.91 Å². The second-order valence-corrected chi connectivity index (χ2v) is 5.57. The van der Waals surface area contributed by atoms with E-state index in [-0.39, 0.29) is 11.5 Å². The van der Waals surface area contributed by atoms with E-state index in [1.165, 1.54) is 18.9 Å². The van der Waals surface area contributed by atoms with Crippen LogP contribution in [0.4, 0.5) is 5.69 Å². The third-order valence-electron chi connectivity index (χ3n) is 3.89. The minimum atomic E-state index is -0.989. The molecule has 1 atom stereocenters. The first kappa shape index (κ1) is 15.5. The molecule has 1 aliphatic heterocycles. The SMILES string of the molecule is Cc1ccc(C(=O)O)cc1NC(=O)CCC1CCCCN1. The number of aryl methyl sites for hydroxylation is 1. The lowest BCUT2D eigenvalue weighted by molar-refractivity contribution is -0.116. The summed E-state index contributed by atoms with van der Waals surface area (Å²) in [5.41, 5.74) is 1.63. The highest BCUT2D eigenvalue weighted by molar-refractivity contribution is 5.94. The minimum Gasteiger partial charge on any atom is -0.478 e. The molecule has 5 nitrogen and oxygen atoms in total. The molecule has 1 heterocycles. The van der Waals surface area contributed by atoms with E-state index in [1.54, 1.807) is 12.1 Å². The molecule has 21 heavy (non-hydrogen) atoms. The number of hydrogen-bond acceptors (Lipinski definition) is 3. The van der Waals surface area contributed by atoms with Crippen LogP contribution in [-0.2, 0) is 4.79 Å². The zero-order chi connectivity index (χ0) is 15.2. The summed E-state index contributed by atoms with van der Waals surface area (Å²) in [7, 11) is 0. The van der Waals surface area contributed by atoms with E-state index in [4.69, 9.17) is 5.11 Å². The molecule has 0 aromatic heterocycles. The van der Waals surface area contributed by atoms with Gasteiger partial charge in [-0.15, -0.1) is 0 Å². The highest BCUT2D eigenvalue weighted by Crippen LogP contribution is 2.18. The minimum absolute atomic E-state index is 0.0620. The normalized spacial score (nSPS) is 18.2. The monoisotopic (exact) mass is 290 g/mol. The van der Waals surface area contributed by atoms with Crippen LogP contribution in [0.15, 0.2) is 18.2 Å². The molecule has 3 N–H and O–H groups in total. The summed E-state index contributed by atoms with van der Waals surface area (Å²) in [4.78, 5) is 23.0. The van der Waals surface area contributed by atoms with E-state index >= 15 is 0 Å². The van der Waals surface area contributed by atoms with Crippen LogP contribution in [-0.4, -0.2) is 29.6 Å². The zero-order valence-electron chi connectivity index (χ0n) is 12.3. The van der Waals surface area contributed by atoms with E-state index in [0.717, 1.165) is 24.9 Å². The number of benzene rings is 1. The van der Waals surface area contributed by atoms with Crippen molar-refractivity contribution >= 4 is 17.6 Å². The molecule has 1 aliphatic rings. The van der Waals surface area contributed by atoms with Crippen LogP contribution < -0.4 is 10.6 Å². The summed E-state index contributed by atoms with van der Waals surface area (Å²) in [5, 5.41) is 15.2. The van der Waals surface area contributed by atoms with Gasteiger partial charge in [-0.25, -0.2) is 4.79 Å². The predicted octanol–water partition coefficient (Wildman–Crippen LogP) is 2.55. The van der Waals surface area contributed by atoms with Crippen LogP contribution in [0.2, 0.25) is 0 Å². The zero-order valence-corrected chi connectivity index (χ0v) is 12.3. The van der Waals surface area contributed by atoms with Gasteiger partial charge in [0.15, 0.2) is 0 Å². The van der Waals surface area contributed by atoms with Crippen molar-refractivity contribution in [3.05, 3.63) is 29.3 Å². The molecule has 2 rings (SSSR count). The Balaban J connectivity index is 1.89. The van der Waals surface area contributed by atoms with Gasteiger partial charge < -0.3 is 15.7 Å². The molecule has 0 spiro atoms. The van der Waals surface area contributed by atoms with Crippen LogP contribution in [0, 0.1) is 6.92 Å². The van der Waals surface area contributed by atoms with Gasteiger partial charge in [-0.1, -0.05) is 12.5 Å². The maximum atomic E-state index is 12.0. The lowest BCUT2D eigenvalue weighted by Gasteiger charge is -2.23. The van der Waals surface area contributed by atoms with Gasteiger partial charge in [0.1, 0.15) is 0 Å². The maximum Gasteiger partial charge on any atom is 0.335 e. The van der Waals surface area contributed by atoms with Crippen molar-refractivity contribution in [1.82, 2.24) is 5.32 Å². The standard InChI is InChI=1S/C16H22N2O3/c1-11-5-6-12(16(20)21)10-14(11)18-15(19)8-7-13-4-2-3-9-17-13/h5-6,10,13,17H,2-4,7-9H2,1H3,(H,18,19)(H,20,21). The number of rotatable bonds is 5. The summed E-state index contributed by atoms with van der Waals surface area (Å²) in [6, 6.07) is 5.19. The van der Waals surface area contributed by atoms with Gasteiger partial charge >= 0.3 is 5.97 Å². The topological polar surface area (TPSA) is 78.4 Å². The Labute approximate surface area is 124 Å². The molecule has 0 radical (unpaired) electrons. The third kappa shape index (κ3) is 4.56. The second kappa shape index (κ2) is 7.22. The van der Waals surface area contributed by atoms with Gasteiger partial charge in [0.05, 0.1) is 5.56 Å². The summed E-state index contributed by atoms with van der Waals surface area (Å²) >= 11 is 0. The summed E-state index contributed by atoms with van der Waals surface area (Å²) in [5.74, 6) is -1.05. The first-order valence-corrected chi connectivity index (χ1v) is 7.43. The fraction of sp³-hybridized carbons (Fsp3) is 0.500. The van der Waals surface area contributed by atoms with Crippen molar-refractivity contribution in [2.24, 2.45) is 0 Å². The number of piperidine rings is 1.